The monoisotopic (exact) mass is 468 g/mol. The number of fused-ring (bicyclic) bond motifs is 2. The van der Waals surface area contributed by atoms with Gasteiger partial charge in [0.1, 0.15) is 23.4 Å². The minimum absolute atomic E-state index is 0.0388. The highest BCUT2D eigenvalue weighted by atomic mass is 16.7. The van der Waals surface area contributed by atoms with Gasteiger partial charge in [-0.1, -0.05) is 66.7 Å². The number of ether oxygens (including phenoxy) is 4. The molecule has 0 spiro atoms. The number of aromatic hydroxyl groups is 1. The number of rotatable bonds is 4. The van der Waals surface area contributed by atoms with Crippen LogP contribution >= 0.6 is 0 Å². The number of methoxy groups -OCH3 is 1. The third-order valence-electron chi connectivity index (χ3n) is 6.50. The lowest BCUT2D eigenvalue weighted by Gasteiger charge is -2.32. The van der Waals surface area contributed by atoms with Gasteiger partial charge in [-0.15, -0.1) is 0 Å². The van der Waals surface area contributed by atoms with Crippen LogP contribution in [0.1, 0.15) is 28.4 Å². The standard InChI is InChI=1S/C29H24O6/c1-32-25-15-21(30)16-26-22(25)17-23(31)28(33-26)18-12-13-24-27(14-18)35-29(34-24,19-8-4-2-5-9-19)20-10-6-3-7-11-20/h2-16,23,28,30-31H,17H2,1H3/t23-,28+/m0/s1. The van der Waals surface area contributed by atoms with E-state index in [-0.39, 0.29) is 5.75 Å². The molecule has 0 aliphatic carbocycles. The van der Waals surface area contributed by atoms with Crippen LogP contribution in [0.5, 0.6) is 28.7 Å². The highest BCUT2D eigenvalue weighted by Gasteiger charge is 2.46. The van der Waals surface area contributed by atoms with Crippen molar-refractivity contribution in [3.63, 3.8) is 0 Å². The molecule has 2 heterocycles. The Balaban J connectivity index is 1.37. The Labute approximate surface area is 202 Å². The van der Waals surface area contributed by atoms with Crippen LogP contribution < -0.4 is 18.9 Å². The van der Waals surface area contributed by atoms with Crippen molar-refractivity contribution in [3.8, 4) is 28.7 Å². The highest BCUT2D eigenvalue weighted by Crippen LogP contribution is 2.49. The van der Waals surface area contributed by atoms with E-state index in [9.17, 15) is 10.2 Å². The summed E-state index contributed by atoms with van der Waals surface area (Å²) in [6.45, 7) is 0. The zero-order valence-electron chi connectivity index (χ0n) is 19.0. The molecule has 0 radical (unpaired) electrons. The second-order valence-electron chi connectivity index (χ2n) is 8.69. The Morgan fingerprint density at radius 1 is 0.800 bits per heavy atom. The van der Waals surface area contributed by atoms with E-state index in [1.165, 1.54) is 13.2 Å². The molecule has 6 heteroatoms. The van der Waals surface area contributed by atoms with E-state index in [4.69, 9.17) is 18.9 Å². The molecule has 0 bridgehead atoms. The lowest BCUT2D eigenvalue weighted by molar-refractivity contribution is -0.0459. The lowest BCUT2D eigenvalue weighted by Crippen LogP contribution is -2.36. The predicted octanol–water partition coefficient (Wildman–Crippen LogP) is 5.11. The number of aliphatic hydroxyl groups excluding tert-OH is 1. The molecule has 0 unspecified atom stereocenters. The van der Waals surface area contributed by atoms with E-state index < -0.39 is 18.0 Å². The number of phenolic OH excluding ortho intramolecular Hbond substituents is 1. The molecule has 176 valence electrons. The Bertz CT molecular complexity index is 1330. The van der Waals surface area contributed by atoms with Crippen LogP contribution in [-0.2, 0) is 12.2 Å². The first-order valence-electron chi connectivity index (χ1n) is 11.4. The van der Waals surface area contributed by atoms with Gasteiger partial charge < -0.3 is 29.2 Å². The third-order valence-corrected chi connectivity index (χ3v) is 6.50. The van der Waals surface area contributed by atoms with Gasteiger partial charge in [-0.2, -0.15) is 0 Å². The average Bonchev–Trinajstić information content (AvgIpc) is 3.29. The topological polar surface area (TPSA) is 77.4 Å². The molecule has 2 N–H and O–H groups in total. The maximum Gasteiger partial charge on any atom is 0.305 e. The van der Waals surface area contributed by atoms with Crippen molar-refractivity contribution in [2.75, 3.05) is 7.11 Å². The van der Waals surface area contributed by atoms with Crippen LogP contribution in [0.3, 0.4) is 0 Å². The fourth-order valence-corrected chi connectivity index (χ4v) is 4.83. The molecule has 4 aromatic rings. The number of hydrogen-bond acceptors (Lipinski definition) is 6. The molecule has 2 atom stereocenters. The Morgan fingerprint density at radius 3 is 2.11 bits per heavy atom. The van der Waals surface area contributed by atoms with Crippen LogP contribution in [0.4, 0.5) is 0 Å². The van der Waals surface area contributed by atoms with Gasteiger partial charge in [-0.25, -0.2) is 0 Å². The van der Waals surface area contributed by atoms with Gasteiger partial charge in [-0.3, -0.25) is 0 Å². The van der Waals surface area contributed by atoms with Crippen LogP contribution in [0, 0.1) is 0 Å². The van der Waals surface area contributed by atoms with Crippen molar-refractivity contribution in [3.05, 3.63) is 113 Å². The van der Waals surface area contributed by atoms with E-state index in [0.29, 0.717) is 29.4 Å². The first kappa shape index (κ1) is 21.4. The van der Waals surface area contributed by atoms with Gasteiger partial charge in [0.15, 0.2) is 11.5 Å². The molecule has 4 aromatic carbocycles. The van der Waals surface area contributed by atoms with E-state index >= 15 is 0 Å². The van der Waals surface area contributed by atoms with Crippen molar-refractivity contribution in [1.82, 2.24) is 0 Å². The summed E-state index contributed by atoms with van der Waals surface area (Å²) in [5.74, 6) is 1.05. The molecule has 6 nitrogen and oxygen atoms in total. The maximum atomic E-state index is 11.0. The second kappa shape index (κ2) is 8.25. The smallest absolute Gasteiger partial charge is 0.305 e. The number of aliphatic hydroxyl groups is 1. The van der Waals surface area contributed by atoms with Gasteiger partial charge in [-0.05, 0) is 17.7 Å². The van der Waals surface area contributed by atoms with Crippen LogP contribution in [0.2, 0.25) is 0 Å². The first-order chi connectivity index (χ1) is 17.1. The van der Waals surface area contributed by atoms with Crippen LogP contribution in [0.15, 0.2) is 91.0 Å². The summed E-state index contributed by atoms with van der Waals surface area (Å²) in [6.07, 6.45) is -1.13. The van der Waals surface area contributed by atoms with E-state index in [1.54, 1.807) is 6.07 Å². The van der Waals surface area contributed by atoms with Gasteiger partial charge in [0.2, 0.25) is 0 Å². The molecular formula is C29H24O6. The summed E-state index contributed by atoms with van der Waals surface area (Å²) >= 11 is 0. The molecule has 6 rings (SSSR count). The number of hydrogen-bond donors (Lipinski definition) is 2. The Hall–Kier alpha value is -4.16. The zero-order chi connectivity index (χ0) is 24.0. The SMILES string of the molecule is COc1cc(O)cc2c1C[C@H](O)[C@@H](c1ccc3c(c1)OC(c1ccccc1)(c1ccccc1)O3)O2. The van der Waals surface area contributed by atoms with Gasteiger partial charge in [0.05, 0.1) is 13.2 Å². The first-order valence-corrected chi connectivity index (χ1v) is 11.4. The van der Waals surface area contributed by atoms with Crippen molar-refractivity contribution >= 4 is 0 Å². The molecule has 2 aliphatic rings. The average molecular weight is 469 g/mol. The molecule has 35 heavy (non-hydrogen) atoms. The minimum Gasteiger partial charge on any atom is -0.508 e. The molecular weight excluding hydrogens is 444 g/mol. The summed E-state index contributed by atoms with van der Waals surface area (Å²) in [7, 11) is 1.52. The predicted molar refractivity (Wildman–Crippen MR) is 129 cm³/mol. The molecule has 0 aromatic heterocycles. The molecule has 0 saturated carbocycles. The quantitative estimate of drug-likeness (QED) is 0.434. The highest BCUT2D eigenvalue weighted by molar-refractivity contribution is 5.54. The third kappa shape index (κ3) is 3.54. The second-order valence-corrected chi connectivity index (χ2v) is 8.69. The van der Waals surface area contributed by atoms with Crippen molar-refractivity contribution in [1.29, 1.82) is 0 Å². The Kier molecular flexibility index (Phi) is 5.04. The molecule has 0 fully saturated rings. The zero-order valence-corrected chi connectivity index (χ0v) is 19.0. The summed E-state index contributed by atoms with van der Waals surface area (Å²) in [5.41, 5.74) is 3.20. The van der Waals surface area contributed by atoms with Crippen molar-refractivity contribution in [2.45, 2.75) is 24.4 Å². The largest absolute Gasteiger partial charge is 0.508 e. The lowest BCUT2D eigenvalue weighted by atomic mass is 9.94. The molecule has 0 amide bonds. The molecule has 0 saturated heterocycles. The minimum atomic E-state index is -1.12. The summed E-state index contributed by atoms with van der Waals surface area (Å²) in [5, 5.41) is 21.0. The van der Waals surface area contributed by atoms with Gasteiger partial charge >= 0.3 is 5.79 Å². The van der Waals surface area contributed by atoms with Crippen LogP contribution in [0.25, 0.3) is 0 Å². The summed E-state index contributed by atoms with van der Waals surface area (Å²) in [4.78, 5) is 0. The maximum absolute atomic E-state index is 11.0. The molecule has 2 aliphatic heterocycles. The van der Waals surface area contributed by atoms with Gasteiger partial charge in [0.25, 0.3) is 0 Å². The van der Waals surface area contributed by atoms with E-state index in [2.05, 4.69) is 0 Å². The van der Waals surface area contributed by atoms with Crippen molar-refractivity contribution < 1.29 is 29.2 Å². The van der Waals surface area contributed by atoms with E-state index in [1.807, 2.05) is 78.9 Å². The van der Waals surface area contributed by atoms with Crippen molar-refractivity contribution in [2.24, 2.45) is 0 Å². The van der Waals surface area contributed by atoms with E-state index in [0.717, 1.165) is 22.3 Å². The van der Waals surface area contributed by atoms with Crippen LogP contribution in [-0.4, -0.2) is 23.4 Å². The summed E-state index contributed by atoms with van der Waals surface area (Å²) in [6, 6.07) is 28.2. The fraction of sp³-hybridized carbons (Fsp3) is 0.172. The van der Waals surface area contributed by atoms with Gasteiger partial charge in [0, 0.05) is 35.2 Å². The summed E-state index contributed by atoms with van der Waals surface area (Å²) < 4.78 is 24.5. The normalized spacial score (nSPS) is 19.5. The Morgan fingerprint density at radius 2 is 1.46 bits per heavy atom. The number of phenols is 1. The number of benzene rings is 4. The fourth-order valence-electron chi connectivity index (χ4n) is 4.83.